The van der Waals surface area contributed by atoms with Crippen LogP contribution >= 0.6 is 0 Å². The number of carbonyl (C=O) groups is 2. The van der Waals surface area contributed by atoms with Gasteiger partial charge < -0.3 is 24.8 Å². The van der Waals surface area contributed by atoms with E-state index in [-0.39, 0.29) is 6.10 Å². The Morgan fingerprint density at radius 2 is 1.50 bits per heavy atom. The fourth-order valence-corrected chi connectivity index (χ4v) is 2.29. The third kappa shape index (κ3) is 6.84. The fraction of sp³-hybridized carbons (Fsp3) is 0.500. The number of aliphatic hydroxyl groups is 1. The first-order valence-corrected chi connectivity index (χ1v) is 7.44. The van der Waals surface area contributed by atoms with Crippen LogP contribution in [-0.4, -0.2) is 65.6 Å². The minimum atomic E-state index is -1.82. The smallest absolute Gasteiger partial charge is 0.414 e. The molecule has 1 heterocycles. The lowest BCUT2D eigenvalue weighted by atomic mass is 10.1. The maximum Gasteiger partial charge on any atom is 0.414 e. The van der Waals surface area contributed by atoms with Gasteiger partial charge in [-0.1, -0.05) is 0 Å². The SMILES string of the molecule is COc1cc(CN2CCC(O)CC2)cc(OC)c1.O=C(O)C(=O)O. The fourth-order valence-electron chi connectivity index (χ4n) is 2.29. The van der Waals surface area contributed by atoms with Crippen molar-refractivity contribution in [3.05, 3.63) is 23.8 Å². The molecule has 0 radical (unpaired) electrons. The molecule has 2 rings (SSSR count). The number of carboxylic acids is 2. The molecule has 1 aliphatic rings. The zero-order valence-electron chi connectivity index (χ0n) is 13.8. The van der Waals surface area contributed by atoms with Crippen molar-refractivity contribution in [1.29, 1.82) is 0 Å². The molecule has 1 fully saturated rings. The van der Waals surface area contributed by atoms with Gasteiger partial charge >= 0.3 is 11.9 Å². The summed E-state index contributed by atoms with van der Waals surface area (Å²) in [6.07, 6.45) is 1.60. The molecule has 0 spiro atoms. The first-order chi connectivity index (χ1) is 11.3. The molecule has 24 heavy (non-hydrogen) atoms. The summed E-state index contributed by atoms with van der Waals surface area (Å²) >= 11 is 0. The van der Waals surface area contributed by atoms with Gasteiger partial charge in [0.1, 0.15) is 11.5 Å². The number of hydrogen-bond donors (Lipinski definition) is 3. The number of nitrogens with zero attached hydrogens (tertiary/aromatic N) is 1. The van der Waals surface area contributed by atoms with Crippen molar-refractivity contribution in [3.8, 4) is 11.5 Å². The summed E-state index contributed by atoms with van der Waals surface area (Å²) in [5.41, 5.74) is 1.18. The number of aliphatic hydroxyl groups excluding tert-OH is 1. The topological polar surface area (TPSA) is 117 Å². The van der Waals surface area contributed by atoms with Crippen LogP contribution in [0.25, 0.3) is 0 Å². The first kappa shape index (κ1) is 19.7. The van der Waals surface area contributed by atoms with Crippen LogP contribution in [0.1, 0.15) is 18.4 Å². The average molecular weight is 341 g/mol. The van der Waals surface area contributed by atoms with E-state index in [4.69, 9.17) is 29.3 Å². The van der Waals surface area contributed by atoms with Crippen molar-refractivity contribution in [2.24, 2.45) is 0 Å². The van der Waals surface area contributed by atoms with E-state index in [1.54, 1.807) is 14.2 Å². The highest BCUT2D eigenvalue weighted by Gasteiger charge is 2.17. The minimum absolute atomic E-state index is 0.124. The van der Waals surface area contributed by atoms with Crippen molar-refractivity contribution < 1.29 is 34.4 Å². The molecule has 1 aromatic rings. The molecule has 3 N–H and O–H groups in total. The number of rotatable bonds is 4. The molecule has 8 heteroatoms. The van der Waals surface area contributed by atoms with E-state index < -0.39 is 11.9 Å². The number of likely N-dealkylation sites (tertiary alicyclic amines) is 1. The highest BCUT2D eigenvalue weighted by atomic mass is 16.5. The second kappa shape index (κ2) is 9.74. The minimum Gasteiger partial charge on any atom is -0.497 e. The summed E-state index contributed by atoms with van der Waals surface area (Å²) in [6, 6.07) is 5.95. The van der Waals surface area contributed by atoms with Crippen LogP contribution in [0.2, 0.25) is 0 Å². The van der Waals surface area contributed by atoms with Gasteiger partial charge in [0, 0.05) is 25.7 Å². The number of carboxylic acid groups (broad SMARTS) is 2. The van der Waals surface area contributed by atoms with Crippen molar-refractivity contribution in [3.63, 3.8) is 0 Å². The van der Waals surface area contributed by atoms with Gasteiger partial charge in [-0.05, 0) is 30.5 Å². The molecule has 0 saturated carbocycles. The van der Waals surface area contributed by atoms with E-state index in [1.165, 1.54) is 5.56 Å². The highest BCUT2D eigenvalue weighted by Crippen LogP contribution is 2.24. The standard InChI is InChI=1S/C14H21NO3.C2H2O4/c1-17-13-7-11(8-14(9-13)18-2)10-15-5-3-12(16)4-6-15;3-1(4)2(5)6/h7-9,12,16H,3-6,10H2,1-2H3;(H,3,4)(H,5,6). The van der Waals surface area contributed by atoms with Gasteiger partial charge in [-0.25, -0.2) is 9.59 Å². The Labute approximate surface area is 140 Å². The van der Waals surface area contributed by atoms with E-state index >= 15 is 0 Å². The largest absolute Gasteiger partial charge is 0.497 e. The highest BCUT2D eigenvalue weighted by molar-refractivity contribution is 6.27. The Balaban J connectivity index is 0.000000413. The van der Waals surface area contributed by atoms with Gasteiger partial charge in [-0.15, -0.1) is 0 Å². The lowest BCUT2D eigenvalue weighted by Crippen LogP contribution is -2.35. The second-order valence-corrected chi connectivity index (χ2v) is 5.34. The third-order valence-corrected chi connectivity index (χ3v) is 3.56. The quantitative estimate of drug-likeness (QED) is 0.689. The third-order valence-electron chi connectivity index (χ3n) is 3.56. The number of ether oxygens (including phenoxy) is 2. The summed E-state index contributed by atoms with van der Waals surface area (Å²) in [7, 11) is 3.33. The maximum atomic E-state index is 9.49. The van der Waals surface area contributed by atoms with E-state index in [0.29, 0.717) is 0 Å². The normalized spacial score (nSPS) is 15.1. The summed E-state index contributed by atoms with van der Waals surface area (Å²) in [4.78, 5) is 20.5. The molecule has 1 aliphatic heterocycles. The molecule has 0 aliphatic carbocycles. The molecule has 0 unspecified atom stereocenters. The Bertz CT molecular complexity index is 519. The Hall–Kier alpha value is -2.32. The van der Waals surface area contributed by atoms with Gasteiger partial charge in [0.15, 0.2) is 0 Å². The monoisotopic (exact) mass is 341 g/mol. The summed E-state index contributed by atoms with van der Waals surface area (Å²) in [6.45, 7) is 2.77. The van der Waals surface area contributed by atoms with Crippen LogP contribution in [0.15, 0.2) is 18.2 Å². The lowest BCUT2D eigenvalue weighted by molar-refractivity contribution is -0.159. The zero-order chi connectivity index (χ0) is 18.1. The van der Waals surface area contributed by atoms with E-state index in [1.807, 2.05) is 18.2 Å². The number of hydrogen-bond acceptors (Lipinski definition) is 6. The van der Waals surface area contributed by atoms with Crippen molar-refractivity contribution in [2.75, 3.05) is 27.3 Å². The van der Waals surface area contributed by atoms with Gasteiger partial charge in [-0.2, -0.15) is 0 Å². The second-order valence-electron chi connectivity index (χ2n) is 5.34. The van der Waals surface area contributed by atoms with Gasteiger partial charge in [0.05, 0.1) is 20.3 Å². The number of methoxy groups -OCH3 is 2. The molecule has 0 bridgehead atoms. The maximum absolute atomic E-state index is 9.49. The van der Waals surface area contributed by atoms with Crippen LogP contribution in [-0.2, 0) is 16.1 Å². The number of aliphatic carboxylic acids is 2. The molecule has 0 aromatic heterocycles. The van der Waals surface area contributed by atoms with E-state index in [0.717, 1.165) is 44.0 Å². The number of piperidine rings is 1. The van der Waals surface area contributed by atoms with Crippen molar-refractivity contribution in [2.45, 2.75) is 25.5 Å². The molecule has 8 nitrogen and oxygen atoms in total. The summed E-state index contributed by atoms with van der Waals surface area (Å²) < 4.78 is 10.5. The van der Waals surface area contributed by atoms with Crippen LogP contribution in [0.3, 0.4) is 0 Å². The van der Waals surface area contributed by atoms with Crippen LogP contribution < -0.4 is 9.47 Å². The number of benzene rings is 1. The molecule has 134 valence electrons. The molecular formula is C16H23NO7. The molecule has 0 amide bonds. The Kier molecular flexibility index (Phi) is 8.00. The van der Waals surface area contributed by atoms with Gasteiger partial charge in [-0.3, -0.25) is 4.90 Å². The zero-order valence-corrected chi connectivity index (χ0v) is 13.8. The Morgan fingerprint density at radius 3 is 1.88 bits per heavy atom. The average Bonchev–Trinajstić information content (AvgIpc) is 2.57. The van der Waals surface area contributed by atoms with E-state index in [9.17, 15) is 5.11 Å². The first-order valence-electron chi connectivity index (χ1n) is 7.44. The van der Waals surface area contributed by atoms with Crippen LogP contribution in [0, 0.1) is 0 Å². The van der Waals surface area contributed by atoms with Crippen LogP contribution in [0.5, 0.6) is 11.5 Å². The molecule has 0 atom stereocenters. The predicted octanol–water partition coefficient (Wildman–Crippen LogP) is 0.816. The summed E-state index contributed by atoms with van der Waals surface area (Å²) in [5, 5.41) is 24.3. The molecule has 1 aromatic carbocycles. The molecular weight excluding hydrogens is 318 g/mol. The predicted molar refractivity (Wildman–Crippen MR) is 85.3 cm³/mol. The van der Waals surface area contributed by atoms with Gasteiger partial charge in [0.2, 0.25) is 0 Å². The summed E-state index contributed by atoms with van der Waals surface area (Å²) in [5.74, 6) is -2.01. The van der Waals surface area contributed by atoms with Crippen molar-refractivity contribution in [1.82, 2.24) is 4.90 Å². The molecule has 1 saturated heterocycles. The van der Waals surface area contributed by atoms with Crippen LogP contribution in [0.4, 0.5) is 0 Å². The Morgan fingerprint density at radius 1 is 1.04 bits per heavy atom. The van der Waals surface area contributed by atoms with Crippen molar-refractivity contribution >= 4 is 11.9 Å². The van der Waals surface area contributed by atoms with E-state index in [2.05, 4.69) is 4.90 Å². The lowest BCUT2D eigenvalue weighted by Gasteiger charge is -2.29. The van der Waals surface area contributed by atoms with Gasteiger partial charge in [0.25, 0.3) is 0 Å².